The third-order valence-electron chi connectivity index (χ3n) is 6.19. The van der Waals surface area contributed by atoms with Crippen LogP contribution in [-0.4, -0.2) is 16.8 Å². The van der Waals surface area contributed by atoms with Crippen molar-refractivity contribution >= 4 is 96.1 Å². The Morgan fingerprint density at radius 1 is 0.524 bits per heavy atom. The Morgan fingerprint density at radius 3 is 1.19 bits per heavy atom. The van der Waals surface area contributed by atoms with Crippen molar-refractivity contribution < 1.29 is 16.8 Å². The molecular formula is C30H24Cl2N2O4S4. The highest BCUT2D eigenvalue weighted by atomic mass is 35.5. The third kappa shape index (κ3) is 6.59. The van der Waals surface area contributed by atoms with Gasteiger partial charge in [0.25, 0.3) is 20.0 Å². The number of sulfonamides is 2. The average molecular weight is 676 g/mol. The fourth-order valence-corrected chi connectivity index (χ4v) is 9.44. The van der Waals surface area contributed by atoms with Crippen molar-refractivity contribution in [3.63, 3.8) is 0 Å². The number of fused-ring (bicyclic) bond motifs is 2. The normalized spacial score (nSPS) is 11.7. The summed E-state index contributed by atoms with van der Waals surface area (Å²) in [5, 5.41) is 3.46. The minimum Gasteiger partial charge on any atom is -0.269 e. The molecule has 4 aromatic carbocycles. The summed E-state index contributed by atoms with van der Waals surface area (Å²) in [6.45, 7) is 3.82. The molecule has 6 aromatic rings. The summed E-state index contributed by atoms with van der Waals surface area (Å²) in [5.74, 6) is 0. The molecule has 0 fully saturated rings. The fourth-order valence-electron chi connectivity index (χ4n) is 3.96. The van der Waals surface area contributed by atoms with Crippen molar-refractivity contribution in [2.75, 3.05) is 9.44 Å². The Morgan fingerprint density at radius 2 is 0.857 bits per heavy atom. The van der Waals surface area contributed by atoms with Gasteiger partial charge in [-0.3, -0.25) is 9.44 Å². The molecule has 0 radical (unpaired) electrons. The number of rotatable bonds is 6. The molecule has 2 heterocycles. The molecule has 0 unspecified atom stereocenters. The van der Waals surface area contributed by atoms with Gasteiger partial charge < -0.3 is 0 Å². The molecule has 0 aliphatic carbocycles. The average Bonchev–Trinajstić information content (AvgIpc) is 3.44. The smallest absolute Gasteiger partial charge is 0.262 e. The summed E-state index contributed by atoms with van der Waals surface area (Å²) in [6.07, 6.45) is 0. The molecule has 12 heteroatoms. The van der Waals surface area contributed by atoms with Crippen molar-refractivity contribution in [2.24, 2.45) is 0 Å². The predicted octanol–water partition coefficient (Wildman–Crippen LogP) is 9.33. The number of hydrogen-bond donors (Lipinski definition) is 2. The highest BCUT2D eigenvalue weighted by molar-refractivity contribution is 7.93. The summed E-state index contributed by atoms with van der Waals surface area (Å²) < 4.78 is 56.6. The van der Waals surface area contributed by atoms with E-state index in [0.29, 0.717) is 20.0 Å². The molecule has 6 nitrogen and oxygen atoms in total. The van der Waals surface area contributed by atoms with E-state index in [1.54, 1.807) is 48.5 Å². The van der Waals surface area contributed by atoms with Gasteiger partial charge >= 0.3 is 0 Å². The summed E-state index contributed by atoms with van der Waals surface area (Å²) in [6, 6.07) is 28.5. The second kappa shape index (κ2) is 12.2. The first kappa shape index (κ1) is 30.3. The summed E-state index contributed by atoms with van der Waals surface area (Å²) >= 11 is 15.2. The van der Waals surface area contributed by atoms with Crippen LogP contribution in [0, 0.1) is 13.8 Å². The number of aryl methyl sites for hydroxylation is 2. The number of anilines is 2. The maximum atomic E-state index is 12.4. The minimum absolute atomic E-state index is 0.224. The minimum atomic E-state index is -3.62. The largest absolute Gasteiger partial charge is 0.269 e. The molecule has 0 aliphatic rings. The van der Waals surface area contributed by atoms with E-state index in [2.05, 4.69) is 9.44 Å². The van der Waals surface area contributed by atoms with Gasteiger partial charge in [-0.1, -0.05) is 95.0 Å². The van der Waals surface area contributed by atoms with Gasteiger partial charge in [0.05, 0.1) is 19.8 Å². The third-order valence-corrected chi connectivity index (χ3v) is 12.4. The molecule has 6 rings (SSSR count). The fraction of sp³-hybridized carbons (Fsp3) is 0.0667. The van der Waals surface area contributed by atoms with E-state index in [1.165, 1.54) is 22.7 Å². The van der Waals surface area contributed by atoms with E-state index in [9.17, 15) is 16.8 Å². The molecule has 216 valence electrons. The first-order valence-electron chi connectivity index (χ1n) is 12.5. The number of halogens is 2. The molecule has 0 saturated heterocycles. The second-order valence-corrected chi connectivity index (χ2v) is 15.5. The van der Waals surface area contributed by atoms with Crippen molar-refractivity contribution in [1.29, 1.82) is 0 Å². The zero-order valence-corrected chi connectivity index (χ0v) is 27.0. The van der Waals surface area contributed by atoms with Crippen LogP contribution in [0.1, 0.15) is 11.1 Å². The lowest BCUT2D eigenvalue weighted by Gasteiger charge is -2.06. The molecule has 2 aromatic heterocycles. The van der Waals surface area contributed by atoms with Crippen LogP contribution in [0.2, 0.25) is 10.0 Å². The van der Waals surface area contributed by atoms with E-state index in [0.717, 1.165) is 31.3 Å². The molecular weight excluding hydrogens is 652 g/mol. The Hall–Kier alpha value is -3.12. The highest BCUT2D eigenvalue weighted by Gasteiger charge is 2.20. The zero-order valence-electron chi connectivity index (χ0n) is 22.3. The number of thiophene rings is 2. The van der Waals surface area contributed by atoms with Gasteiger partial charge in [0.15, 0.2) is 0 Å². The molecule has 0 amide bonds. The zero-order chi connectivity index (χ0) is 30.1. The Balaban J connectivity index is 0.000000168. The first-order valence-corrected chi connectivity index (χ1v) is 17.8. The Kier molecular flexibility index (Phi) is 8.84. The lowest BCUT2D eigenvalue weighted by molar-refractivity contribution is 0.599. The highest BCUT2D eigenvalue weighted by Crippen LogP contribution is 2.41. The summed E-state index contributed by atoms with van der Waals surface area (Å²) in [7, 11) is -7.25. The van der Waals surface area contributed by atoms with E-state index in [-0.39, 0.29) is 9.79 Å². The maximum Gasteiger partial charge on any atom is 0.262 e. The lowest BCUT2D eigenvalue weighted by atomic mass is 10.2. The van der Waals surface area contributed by atoms with Gasteiger partial charge in [-0.05, 0) is 50.2 Å². The van der Waals surface area contributed by atoms with Gasteiger partial charge in [0, 0.05) is 20.2 Å². The Bertz CT molecular complexity index is 1950. The topological polar surface area (TPSA) is 92.3 Å². The van der Waals surface area contributed by atoms with Crippen LogP contribution in [0.15, 0.2) is 107 Å². The second-order valence-electron chi connectivity index (χ2n) is 9.32. The molecule has 0 aliphatic heterocycles. The van der Waals surface area contributed by atoms with Crippen LogP contribution in [0.3, 0.4) is 0 Å². The van der Waals surface area contributed by atoms with Gasteiger partial charge in [0.1, 0.15) is 10.0 Å². The number of nitrogens with one attached hydrogen (secondary N) is 2. The summed E-state index contributed by atoms with van der Waals surface area (Å²) in [5.41, 5.74) is 2.02. The molecule has 0 spiro atoms. The number of hydrogen-bond acceptors (Lipinski definition) is 6. The predicted molar refractivity (Wildman–Crippen MR) is 178 cm³/mol. The van der Waals surface area contributed by atoms with Gasteiger partial charge in [-0.15, -0.1) is 22.7 Å². The van der Waals surface area contributed by atoms with Crippen molar-refractivity contribution in [3.8, 4) is 0 Å². The number of benzene rings is 4. The van der Waals surface area contributed by atoms with Crippen LogP contribution in [-0.2, 0) is 20.0 Å². The van der Waals surface area contributed by atoms with Crippen molar-refractivity contribution in [1.82, 2.24) is 0 Å². The van der Waals surface area contributed by atoms with Gasteiger partial charge in [-0.2, -0.15) is 0 Å². The quantitative estimate of drug-likeness (QED) is 0.184. The molecule has 42 heavy (non-hydrogen) atoms. The van der Waals surface area contributed by atoms with Crippen molar-refractivity contribution in [2.45, 2.75) is 23.6 Å². The molecule has 0 atom stereocenters. The van der Waals surface area contributed by atoms with Crippen LogP contribution in [0.25, 0.3) is 20.2 Å². The first-order chi connectivity index (χ1) is 19.9. The van der Waals surface area contributed by atoms with E-state index < -0.39 is 20.0 Å². The van der Waals surface area contributed by atoms with Crippen LogP contribution in [0.5, 0.6) is 0 Å². The van der Waals surface area contributed by atoms with Gasteiger partial charge in [0.2, 0.25) is 0 Å². The van der Waals surface area contributed by atoms with E-state index >= 15 is 0 Å². The maximum absolute atomic E-state index is 12.4. The van der Waals surface area contributed by atoms with Crippen LogP contribution >= 0.6 is 45.9 Å². The van der Waals surface area contributed by atoms with Crippen LogP contribution < -0.4 is 9.44 Å². The molecule has 0 saturated carbocycles. The Labute approximate surface area is 262 Å². The SMILES string of the molecule is Cc1ccc(S(=O)(=O)Nc2sc3ccccc3c2Cl)cc1.Cc1ccc(S(=O)(=O)Nc2sc3ccccc3c2Cl)cc1. The van der Waals surface area contributed by atoms with Gasteiger partial charge in [-0.25, -0.2) is 16.8 Å². The van der Waals surface area contributed by atoms with Crippen LogP contribution in [0.4, 0.5) is 10.0 Å². The molecule has 0 bridgehead atoms. The monoisotopic (exact) mass is 674 g/mol. The lowest BCUT2D eigenvalue weighted by Crippen LogP contribution is -2.12. The summed E-state index contributed by atoms with van der Waals surface area (Å²) in [4.78, 5) is 0.447. The standard InChI is InChI=1S/2C15H12ClNO2S2/c2*1-10-6-8-11(9-7-10)21(18,19)17-15-14(16)12-4-2-3-5-13(12)20-15/h2*2-9,17H,1H3. The van der Waals surface area contributed by atoms with E-state index in [1.807, 2.05) is 62.4 Å². The van der Waals surface area contributed by atoms with Crippen molar-refractivity contribution in [3.05, 3.63) is 118 Å². The van der Waals surface area contributed by atoms with E-state index in [4.69, 9.17) is 23.2 Å². The molecule has 2 N–H and O–H groups in total.